The molecule has 0 bridgehead atoms. The van der Waals surface area contributed by atoms with Gasteiger partial charge >= 0.3 is 6.03 Å². The summed E-state index contributed by atoms with van der Waals surface area (Å²) < 4.78 is 0. The third-order valence-electron chi connectivity index (χ3n) is 2.29. The topological polar surface area (TPSA) is 80.9 Å². The van der Waals surface area contributed by atoms with Crippen LogP contribution in [0.4, 0.5) is 4.79 Å². The summed E-state index contributed by atoms with van der Waals surface area (Å²) >= 11 is 0. The summed E-state index contributed by atoms with van der Waals surface area (Å²) in [7, 11) is 0. The Kier molecular flexibility index (Phi) is 3.30. The first-order valence-electron chi connectivity index (χ1n) is 5.13. The van der Waals surface area contributed by atoms with Crippen LogP contribution in [0.25, 0.3) is 11.1 Å². The van der Waals surface area contributed by atoms with Gasteiger partial charge in [0.2, 0.25) is 0 Å². The zero-order valence-corrected chi connectivity index (χ0v) is 9.13. The van der Waals surface area contributed by atoms with E-state index < -0.39 is 6.03 Å². The van der Waals surface area contributed by atoms with Crippen LogP contribution in [0.1, 0.15) is 5.56 Å². The molecule has 0 radical (unpaired) electrons. The van der Waals surface area contributed by atoms with Crippen molar-refractivity contribution in [3.05, 3.63) is 48.5 Å². The lowest BCUT2D eigenvalue weighted by Crippen LogP contribution is -2.28. The van der Waals surface area contributed by atoms with Crippen molar-refractivity contribution >= 4 is 6.03 Å². The van der Waals surface area contributed by atoms with Crippen molar-refractivity contribution in [3.8, 4) is 11.1 Å². The van der Waals surface area contributed by atoms with E-state index in [0.29, 0.717) is 6.54 Å². The minimum atomic E-state index is -0.529. The molecule has 0 spiro atoms. The van der Waals surface area contributed by atoms with Crippen molar-refractivity contribution in [2.75, 3.05) is 0 Å². The Labute approximate surface area is 98.7 Å². The van der Waals surface area contributed by atoms with Crippen molar-refractivity contribution in [2.24, 2.45) is 5.73 Å². The summed E-state index contributed by atoms with van der Waals surface area (Å²) in [5, 5.41) is 2.55. The Morgan fingerprint density at radius 1 is 1.24 bits per heavy atom. The van der Waals surface area contributed by atoms with E-state index in [1.807, 2.05) is 24.3 Å². The third kappa shape index (κ3) is 3.01. The molecule has 86 valence electrons. The van der Waals surface area contributed by atoms with Crippen molar-refractivity contribution in [2.45, 2.75) is 6.54 Å². The molecule has 1 aromatic heterocycles. The number of nitrogens with one attached hydrogen (secondary N) is 1. The molecule has 2 aromatic rings. The van der Waals surface area contributed by atoms with E-state index in [4.69, 9.17) is 5.73 Å². The second-order valence-electron chi connectivity index (χ2n) is 3.55. The van der Waals surface area contributed by atoms with E-state index in [1.54, 1.807) is 12.4 Å². The van der Waals surface area contributed by atoms with E-state index in [9.17, 15) is 4.79 Å². The van der Waals surface area contributed by atoms with E-state index >= 15 is 0 Å². The Balaban J connectivity index is 2.20. The largest absolute Gasteiger partial charge is 0.352 e. The van der Waals surface area contributed by atoms with Gasteiger partial charge in [0.05, 0.1) is 0 Å². The zero-order chi connectivity index (χ0) is 12.1. The molecule has 3 N–H and O–H groups in total. The first kappa shape index (κ1) is 11.1. The molecule has 0 aliphatic carbocycles. The summed E-state index contributed by atoms with van der Waals surface area (Å²) in [5.74, 6) is 0. The second kappa shape index (κ2) is 5.07. The Hall–Kier alpha value is -2.43. The predicted octanol–water partition coefficient (Wildman–Crippen LogP) is 1.31. The van der Waals surface area contributed by atoms with Crippen LogP contribution >= 0.6 is 0 Å². The summed E-state index contributed by atoms with van der Waals surface area (Å²) in [4.78, 5) is 18.5. The second-order valence-corrected chi connectivity index (χ2v) is 3.55. The molecular formula is C12H12N4O. The summed E-state index contributed by atoms with van der Waals surface area (Å²) in [6, 6.07) is 7.24. The van der Waals surface area contributed by atoms with E-state index in [1.165, 1.54) is 6.33 Å². The molecule has 5 nitrogen and oxygen atoms in total. The molecule has 2 amide bonds. The smallest absolute Gasteiger partial charge is 0.312 e. The lowest BCUT2D eigenvalue weighted by molar-refractivity contribution is 0.248. The Bertz CT molecular complexity index is 513. The number of urea groups is 1. The van der Waals surface area contributed by atoms with Gasteiger partial charge in [-0.1, -0.05) is 18.2 Å². The summed E-state index contributed by atoms with van der Waals surface area (Å²) in [5.41, 5.74) is 7.94. The summed E-state index contributed by atoms with van der Waals surface area (Å²) in [6.45, 7) is 0.414. The van der Waals surface area contributed by atoms with Gasteiger partial charge < -0.3 is 11.1 Å². The van der Waals surface area contributed by atoms with Crippen LogP contribution in [0.15, 0.2) is 43.0 Å². The number of primary amides is 1. The predicted molar refractivity (Wildman–Crippen MR) is 63.9 cm³/mol. The van der Waals surface area contributed by atoms with Gasteiger partial charge in [-0.25, -0.2) is 14.8 Å². The quantitative estimate of drug-likeness (QED) is 0.831. The van der Waals surface area contributed by atoms with Crippen LogP contribution in [0.2, 0.25) is 0 Å². The molecule has 2 rings (SSSR count). The van der Waals surface area contributed by atoms with Crippen molar-refractivity contribution in [1.29, 1.82) is 0 Å². The van der Waals surface area contributed by atoms with Crippen molar-refractivity contribution < 1.29 is 4.79 Å². The van der Waals surface area contributed by atoms with Gasteiger partial charge in [-0.2, -0.15) is 0 Å². The first-order valence-corrected chi connectivity index (χ1v) is 5.13. The molecule has 0 saturated carbocycles. The summed E-state index contributed by atoms with van der Waals surface area (Å²) in [6.07, 6.45) is 4.98. The molecule has 0 atom stereocenters. The average Bonchev–Trinajstić information content (AvgIpc) is 2.38. The van der Waals surface area contributed by atoms with Gasteiger partial charge in [0, 0.05) is 24.5 Å². The maximum Gasteiger partial charge on any atom is 0.312 e. The number of hydrogen-bond acceptors (Lipinski definition) is 3. The minimum Gasteiger partial charge on any atom is -0.352 e. The van der Waals surface area contributed by atoms with Crippen LogP contribution in [0, 0.1) is 0 Å². The van der Waals surface area contributed by atoms with E-state index in [0.717, 1.165) is 16.7 Å². The van der Waals surface area contributed by atoms with Crippen LogP contribution < -0.4 is 11.1 Å². The number of carbonyl (C=O) groups excluding carboxylic acids is 1. The normalized spacial score (nSPS) is 9.88. The highest BCUT2D eigenvalue weighted by Crippen LogP contribution is 2.18. The first-order chi connectivity index (χ1) is 8.25. The van der Waals surface area contributed by atoms with E-state index in [2.05, 4.69) is 15.3 Å². The monoisotopic (exact) mass is 228 g/mol. The third-order valence-corrected chi connectivity index (χ3v) is 2.29. The number of carbonyl (C=O) groups is 1. The van der Waals surface area contributed by atoms with Gasteiger partial charge in [0.15, 0.2) is 0 Å². The molecule has 1 aromatic carbocycles. The van der Waals surface area contributed by atoms with Gasteiger partial charge in [0.25, 0.3) is 0 Å². The van der Waals surface area contributed by atoms with Crippen LogP contribution in [-0.2, 0) is 6.54 Å². The number of nitrogens with two attached hydrogens (primary N) is 1. The molecule has 5 heteroatoms. The lowest BCUT2D eigenvalue weighted by atomic mass is 10.1. The van der Waals surface area contributed by atoms with Crippen molar-refractivity contribution in [1.82, 2.24) is 15.3 Å². The molecule has 0 aliphatic rings. The van der Waals surface area contributed by atoms with Gasteiger partial charge in [-0.15, -0.1) is 0 Å². The lowest BCUT2D eigenvalue weighted by Gasteiger charge is -2.05. The zero-order valence-electron chi connectivity index (χ0n) is 9.13. The van der Waals surface area contributed by atoms with E-state index in [-0.39, 0.29) is 0 Å². The fourth-order valence-corrected chi connectivity index (χ4v) is 1.50. The van der Waals surface area contributed by atoms with Gasteiger partial charge in [0.1, 0.15) is 6.33 Å². The number of hydrogen-bond donors (Lipinski definition) is 2. The van der Waals surface area contributed by atoms with Gasteiger partial charge in [-0.3, -0.25) is 0 Å². The molecule has 17 heavy (non-hydrogen) atoms. The van der Waals surface area contributed by atoms with Crippen LogP contribution in [0.5, 0.6) is 0 Å². The molecule has 0 aliphatic heterocycles. The molecule has 1 heterocycles. The molecule has 0 fully saturated rings. The van der Waals surface area contributed by atoms with Crippen LogP contribution in [0.3, 0.4) is 0 Å². The number of aromatic nitrogens is 2. The maximum absolute atomic E-state index is 10.6. The Morgan fingerprint density at radius 2 is 2.00 bits per heavy atom. The highest BCUT2D eigenvalue weighted by atomic mass is 16.2. The Morgan fingerprint density at radius 3 is 2.71 bits per heavy atom. The number of nitrogens with zero attached hydrogens (tertiary/aromatic N) is 2. The fraction of sp³-hybridized carbons (Fsp3) is 0.0833. The fourth-order valence-electron chi connectivity index (χ4n) is 1.50. The standard InChI is InChI=1S/C12H12N4O/c13-12(17)16-5-9-2-1-3-10(4-9)11-6-14-8-15-7-11/h1-4,6-8H,5H2,(H3,13,16,17). The van der Waals surface area contributed by atoms with Crippen LogP contribution in [-0.4, -0.2) is 16.0 Å². The van der Waals surface area contributed by atoms with Gasteiger partial charge in [-0.05, 0) is 17.2 Å². The SMILES string of the molecule is NC(=O)NCc1cccc(-c2cncnc2)c1. The highest BCUT2D eigenvalue weighted by Gasteiger charge is 2.00. The molecule has 0 unspecified atom stereocenters. The average molecular weight is 228 g/mol. The van der Waals surface area contributed by atoms with Crippen molar-refractivity contribution in [3.63, 3.8) is 0 Å². The number of benzene rings is 1. The number of amides is 2. The molecular weight excluding hydrogens is 216 g/mol. The number of rotatable bonds is 3. The highest BCUT2D eigenvalue weighted by molar-refractivity contribution is 5.71. The minimum absolute atomic E-state index is 0.414. The molecule has 0 saturated heterocycles. The maximum atomic E-state index is 10.6.